The summed E-state index contributed by atoms with van der Waals surface area (Å²) in [6, 6.07) is 5.81. The monoisotopic (exact) mass is 220 g/mol. The molecule has 0 aliphatic rings. The Hall–Kier alpha value is -1.31. The number of Topliss-reactive ketones (excluding diaryl/α,β-unsaturated/α-hetero) is 1. The molecule has 0 aromatic heterocycles. The topological polar surface area (TPSA) is 26.3 Å². The average molecular weight is 220 g/mol. The highest BCUT2D eigenvalue weighted by Crippen LogP contribution is 2.26. The second kappa shape index (κ2) is 4.69. The van der Waals surface area contributed by atoms with Crippen LogP contribution in [0.3, 0.4) is 0 Å². The number of methoxy groups -OCH3 is 1. The lowest BCUT2D eigenvalue weighted by Gasteiger charge is -2.19. The molecule has 2 nitrogen and oxygen atoms in total. The van der Waals surface area contributed by atoms with Gasteiger partial charge >= 0.3 is 0 Å². The number of carbonyl (C=O) groups is 1. The number of ketones is 1. The first-order valence-corrected chi connectivity index (χ1v) is 5.51. The zero-order valence-corrected chi connectivity index (χ0v) is 10.8. The molecule has 0 N–H and O–H groups in total. The van der Waals surface area contributed by atoms with Crippen LogP contribution in [0.5, 0.6) is 5.75 Å². The molecule has 0 fully saturated rings. The van der Waals surface area contributed by atoms with Crippen LogP contribution in [0.4, 0.5) is 0 Å². The lowest BCUT2D eigenvalue weighted by atomic mass is 9.87. The fourth-order valence-corrected chi connectivity index (χ4v) is 1.75. The first-order chi connectivity index (χ1) is 7.33. The molecule has 0 aliphatic carbocycles. The Kier molecular flexibility index (Phi) is 3.74. The van der Waals surface area contributed by atoms with Crippen LogP contribution in [-0.2, 0) is 6.42 Å². The molecule has 1 rings (SSSR count). The zero-order valence-electron chi connectivity index (χ0n) is 10.8. The minimum atomic E-state index is 0.0409. The molecule has 0 aliphatic heterocycles. The van der Waals surface area contributed by atoms with E-state index in [-0.39, 0.29) is 11.2 Å². The summed E-state index contributed by atoms with van der Waals surface area (Å²) in [7, 11) is 1.60. The van der Waals surface area contributed by atoms with E-state index in [0.717, 1.165) is 6.42 Å². The number of ether oxygens (including phenoxy) is 1. The van der Waals surface area contributed by atoms with Gasteiger partial charge in [0.25, 0.3) is 0 Å². The fourth-order valence-electron chi connectivity index (χ4n) is 1.75. The number of benzene rings is 1. The maximum absolute atomic E-state index is 11.3. The van der Waals surface area contributed by atoms with E-state index < -0.39 is 0 Å². The highest BCUT2D eigenvalue weighted by molar-refractivity contribution is 5.96. The van der Waals surface area contributed by atoms with Crippen molar-refractivity contribution in [3.8, 4) is 5.75 Å². The summed E-state index contributed by atoms with van der Waals surface area (Å²) in [5.74, 6) is 0.716. The molecule has 1 aromatic carbocycles. The van der Waals surface area contributed by atoms with Crippen LogP contribution in [0.25, 0.3) is 0 Å². The van der Waals surface area contributed by atoms with Crippen LogP contribution in [0.1, 0.15) is 43.6 Å². The Labute approximate surface area is 97.6 Å². The van der Waals surface area contributed by atoms with Crippen molar-refractivity contribution in [3.05, 3.63) is 29.3 Å². The first kappa shape index (κ1) is 12.8. The van der Waals surface area contributed by atoms with Crippen LogP contribution in [-0.4, -0.2) is 12.9 Å². The standard InChI is InChI=1S/C14H20O2/c1-10(15)12-7-6-11(8-13(12)16-5)9-14(2,3)4/h6-8H,9H2,1-5H3. The third-order valence-electron chi connectivity index (χ3n) is 2.38. The van der Waals surface area contributed by atoms with E-state index in [2.05, 4.69) is 20.8 Å². The molecule has 0 saturated carbocycles. The van der Waals surface area contributed by atoms with Crippen molar-refractivity contribution in [3.63, 3.8) is 0 Å². The smallest absolute Gasteiger partial charge is 0.163 e. The maximum Gasteiger partial charge on any atom is 0.163 e. The van der Waals surface area contributed by atoms with Gasteiger partial charge in [0.1, 0.15) is 5.75 Å². The van der Waals surface area contributed by atoms with Crippen molar-refractivity contribution in [2.24, 2.45) is 5.41 Å². The van der Waals surface area contributed by atoms with E-state index in [1.54, 1.807) is 14.0 Å². The SMILES string of the molecule is COc1cc(CC(C)(C)C)ccc1C(C)=O. The molecular weight excluding hydrogens is 200 g/mol. The zero-order chi connectivity index (χ0) is 12.3. The molecule has 2 heteroatoms. The van der Waals surface area contributed by atoms with Gasteiger partial charge in [-0.05, 0) is 36.5 Å². The van der Waals surface area contributed by atoms with Crippen LogP contribution >= 0.6 is 0 Å². The maximum atomic E-state index is 11.3. The van der Waals surface area contributed by atoms with Crippen LogP contribution in [0.2, 0.25) is 0 Å². The largest absolute Gasteiger partial charge is 0.496 e. The molecule has 0 amide bonds. The molecule has 0 bridgehead atoms. The Morgan fingerprint density at radius 2 is 1.94 bits per heavy atom. The second-order valence-electron chi connectivity index (χ2n) is 5.33. The minimum Gasteiger partial charge on any atom is -0.496 e. The third-order valence-corrected chi connectivity index (χ3v) is 2.38. The normalized spacial score (nSPS) is 11.3. The van der Waals surface area contributed by atoms with Crippen LogP contribution < -0.4 is 4.74 Å². The molecule has 0 atom stereocenters. The number of hydrogen-bond acceptors (Lipinski definition) is 2. The van der Waals surface area contributed by atoms with E-state index in [1.807, 2.05) is 18.2 Å². The number of hydrogen-bond donors (Lipinski definition) is 0. The van der Waals surface area contributed by atoms with Gasteiger partial charge < -0.3 is 4.74 Å². The Balaban J connectivity index is 3.05. The Morgan fingerprint density at radius 1 is 1.31 bits per heavy atom. The quantitative estimate of drug-likeness (QED) is 0.729. The summed E-state index contributed by atoms with van der Waals surface area (Å²) in [5.41, 5.74) is 2.09. The number of rotatable bonds is 3. The molecule has 0 radical (unpaired) electrons. The molecule has 0 unspecified atom stereocenters. The molecule has 0 saturated heterocycles. The molecule has 16 heavy (non-hydrogen) atoms. The summed E-state index contributed by atoms with van der Waals surface area (Å²) < 4.78 is 5.24. The summed E-state index contributed by atoms with van der Waals surface area (Å²) in [4.78, 5) is 11.3. The van der Waals surface area contributed by atoms with Gasteiger partial charge in [0.05, 0.1) is 12.7 Å². The lowest BCUT2D eigenvalue weighted by Crippen LogP contribution is -2.09. The van der Waals surface area contributed by atoms with Gasteiger partial charge in [0.2, 0.25) is 0 Å². The molecule has 0 spiro atoms. The molecule has 88 valence electrons. The van der Waals surface area contributed by atoms with Gasteiger partial charge in [-0.1, -0.05) is 26.8 Å². The van der Waals surface area contributed by atoms with Crippen molar-refractivity contribution >= 4 is 5.78 Å². The van der Waals surface area contributed by atoms with Crippen LogP contribution in [0, 0.1) is 5.41 Å². The van der Waals surface area contributed by atoms with Gasteiger partial charge in [-0.3, -0.25) is 4.79 Å². The van der Waals surface area contributed by atoms with Crippen LogP contribution in [0.15, 0.2) is 18.2 Å². The third kappa shape index (κ3) is 3.37. The number of carbonyl (C=O) groups excluding carboxylic acids is 1. The van der Waals surface area contributed by atoms with Gasteiger partial charge in [-0.15, -0.1) is 0 Å². The van der Waals surface area contributed by atoms with E-state index in [1.165, 1.54) is 5.56 Å². The Bertz CT molecular complexity index is 386. The van der Waals surface area contributed by atoms with Gasteiger partial charge in [0.15, 0.2) is 5.78 Å². The fraction of sp³-hybridized carbons (Fsp3) is 0.500. The van der Waals surface area contributed by atoms with E-state index in [0.29, 0.717) is 11.3 Å². The molecule has 0 heterocycles. The van der Waals surface area contributed by atoms with Crippen molar-refractivity contribution in [1.82, 2.24) is 0 Å². The van der Waals surface area contributed by atoms with E-state index in [4.69, 9.17) is 4.74 Å². The molecule has 1 aromatic rings. The highest BCUT2D eigenvalue weighted by atomic mass is 16.5. The van der Waals surface area contributed by atoms with E-state index >= 15 is 0 Å². The second-order valence-corrected chi connectivity index (χ2v) is 5.33. The predicted octanol–water partition coefficient (Wildman–Crippen LogP) is 3.49. The van der Waals surface area contributed by atoms with E-state index in [9.17, 15) is 4.79 Å². The summed E-state index contributed by atoms with van der Waals surface area (Å²) in [6.07, 6.45) is 0.974. The molecular formula is C14H20O2. The van der Waals surface area contributed by atoms with Crippen molar-refractivity contribution < 1.29 is 9.53 Å². The van der Waals surface area contributed by atoms with Crippen molar-refractivity contribution in [2.45, 2.75) is 34.1 Å². The van der Waals surface area contributed by atoms with Crippen molar-refractivity contribution in [2.75, 3.05) is 7.11 Å². The van der Waals surface area contributed by atoms with Gasteiger partial charge in [0, 0.05) is 0 Å². The van der Waals surface area contributed by atoms with Gasteiger partial charge in [-0.2, -0.15) is 0 Å². The summed E-state index contributed by atoms with van der Waals surface area (Å²) in [6.45, 7) is 8.14. The summed E-state index contributed by atoms with van der Waals surface area (Å²) in [5, 5.41) is 0. The first-order valence-electron chi connectivity index (χ1n) is 5.51. The lowest BCUT2D eigenvalue weighted by molar-refractivity contribution is 0.101. The average Bonchev–Trinajstić information content (AvgIpc) is 2.14. The minimum absolute atomic E-state index is 0.0409. The highest BCUT2D eigenvalue weighted by Gasteiger charge is 2.14. The Morgan fingerprint density at radius 3 is 2.38 bits per heavy atom. The summed E-state index contributed by atoms with van der Waals surface area (Å²) >= 11 is 0. The van der Waals surface area contributed by atoms with Crippen molar-refractivity contribution in [1.29, 1.82) is 0 Å². The predicted molar refractivity (Wildman–Crippen MR) is 66.2 cm³/mol. The van der Waals surface area contributed by atoms with Gasteiger partial charge in [-0.25, -0.2) is 0 Å².